The van der Waals surface area contributed by atoms with Gasteiger partial charge in [0, 0.05) is 87.0 Å². The molecule has 16 rings (SSSR count). The van der Waals surface area contributed by atoms with Crippen LogP contribution in [0, 0.1) is 0 Å². The van der Waals surface area contributed by atoms with E-state index in [4.69, 9.17) is 21.6 Å². The lowest BCUT2D eigenvalue weighted by Crippen LogP contribution is -2.59. The maximum atomic E-state index is 7.33. The molecular formula is C62H38BClN6S2. The second-order valence-corrected chi connectivity index (χ2v) is 20.6. The fourth-order valence-electron chi connectivity index (χ4n) is 11.5. The zero-order valence-corrected chi connectivity index (χ0v) is 40.8. The number of hydrogen-bond acceptors (Lipinski definition) is 6. The second-order valence-electron chi connectivity index (χ2n) is 18.2. The lowest BCUT2D eigenvalue weighted by atomic mass is 9.36. The molecule has 0 bridgehead atoms. The molecule has 0 atom stereocenters. The van der Waals surface area contributed by atoms with Crippen molar-refractivity contribution in [2.75, 3.05) is 9.80 Å². The van der Waals surface area contributed by atoms with Crippen molar-refractivity contribution in [3.63, 3.8) is 0 Å². The highest BCUT2D eigenvalue weighted by Gasteiger charge is 2.44. The summed E-state index contributed by atoms with van der Waals surface area (Å²) in [6, 6.07) is 75.1. The molecule has 0 aliphatic carbocycles. The molecule has 6 aromatic heterocycles. The first-order chi connectivity index (χ1) is 35.7. The van der Waals surface area contributed by atoms with Gasteiger partial charge in [0.1, 0.15) is 11.3 Å². The minimum Gasteiger partial charge on any atom is -0.310 e. The highest BCUT2D eigenvalue weighted by atomic mass is 35.5. The molecule has 0 fully saturated rings. The van der Waals surface area contributed by atoms with Gasteiger partial charge in [-0.2, -0.15) is 0 Å². The number of halogens is 1. The zero-order chi connectivity index (χ0) is 47.4. The Morgan fingerprint density at radius 3 is 1.90 bits per heavy atom. The third-order valence-electron chi connectivity index (χ3n) is 14.4. The van der Waals surface area contributed by atoms with Crippen LogP contribution in [0.4, 0.5) is 34.1 Å². The standard InChI is InChI=1S/C31H18BN3S.C31H20ClN3S/c1-2-9-19(10-3-1)34-24-15-7-16-25-27(24)32(30-29(34)22-11-4-5-17-26(22)36-30)23-14-6-12-20-21-13-8-18-33-31(21)35(25)28(20)23;32-30-26(34(21-10-2-1-3-11-21)28-20-36-29-18-7-5-13-24(28)29)16-8-17-27(30)35-25-15-6-4-12-22(25)23-14-9-19-33-31(23)35/h1-18H;1-20H. The third-order valence-corrected chi connectivity index (χ3v) is 17.0. The van der Waals surface area contributed by atoms with Crippen molar-refractivity contribution in [3.05, 3.63) is 235 Å². The van der Waals surface area contributed by atoms with Gasteiger partial charge >= 0.3 is 0 Å². The normalized spacial score (nSPS) is 12.5. The van der Waals surface area contributed by atoms with Crippen LogP contribution in [0.5, 0.6) is 0 Å². The van der Waals surface area contributed by atoms with Crippen LogP contribution in [0.3, 0.4) is 0 Å². The molecular weight excluding hydrogens is 939 g/mol. The van der Waals surface area contributed by atoms with E-state index in [9.17, 15) is 0 Å². The summed E-state index contributed by atoms with van der Waals surface area (Å²) < 4.78 is 8.56. The molecule has 0 saturated heterocycles. The summed E-state index contributed by atoms with van der Waals surface area (Å²) in [4.78, 5) is 14.4. The average Bonchev–Trinajstić information content (AvgIpc) is 4.22. The minimum absolute atomic E-state index is 0.184. The Labute approximate surface area is 427 Å². The van der Waals surface area contributed by atoms with Gasteiger partial charge in [-0.25, -0.2) is 9.97 Å². The van der Waals surface area contributed by atoms with Crippen molar-refractivity contribution in [1.29, 1.82) is 0 Å². The summed E-state index contributed by atoms with van der Waals surface area (Å²) in [6.07, 6.45) is 3.75. The molecule has 14 aromatic rings. The first kappa shape index (κ1) is 41.3. The van der Waals surface area contributed by atoms with E-state index in [1.807, 2.05) is 41.9 Å². The van der Waals surface area contributed by atoms with Crippen molar-refractivity contribution in [2.24, 2.45) is 0 Å². The Morgan fingerprint density at radius 1 is 0.472 bits per heavy atom. The van der Waals surface area contributed by atoms with Crippen molar-refractivity contribution in [2.45, 2.75) is 0 Å². The molecule has 0 radical (unpaired) electrons. The van der Waals surface area contributed by atoms with Crippen LogP contribution >= 0.6 is 34.3 Å². The number of pyridine rings is 2. The highest BCUT2D eigenvalue weighted by Crippen LogP contribution is 2.48. The van der Waals surface area contributed by atoms with E-state index in [0.29, 0.717) is 5.02 Å². The molecule has 8 heterocycles. The van der Waals surface area contributed by atoms with E-state index in [1.54, 1.807) is 11.3 Å². The number of benzene rings is 8. The van der Waals surface area contributed by atoms with Crippen molar-refractivity contribution < 1.29 is 0 Å². The molecule has 2 aliphatic rings. The van der Waals surface area contributed by atoms with Crippen molar-refractivity contribution in [1.82, 2.24) is 19.1 Å². The van der Waals surface area contributed by atoms with Gasteiger partial charge < -0.3 is 9.80 Å². The number of thiophene rings is 2. The molecule has 0 spiro atoms. The van der Waals surface area contributed by atoms with Gasteiger partial charge in [0.25, 0.3) is 6.71 Å². The topological polar surface area (TPSA) is 42.1 Å². The van der Waals surface area contributed by atoms with Gasteiger partial charge in [-0.1, -0.05) is 133 Å². The Hall–Kier alpha value is -8.47. The summed E-state index contributed by atoms with van der Waals surface area (Å²) >= 11 is 11.0. The van der Waals surface area contributed by atoms with E-state index in [-0.39, 0.29) is 6.71 Å². The van der Waals surface area contributed by atoms with Gasteiger partial charge in [-0.15, -0.1) is 22.7 Å². The van der Waals surface area contributed by atoms with E-state index in [0.717, 1.165) is 50.3 Å². The molecule has 0 N–H and O–H groups in total. The summed E-state index contributed by atoms with van der Waals surface area (Å²) in [5.74, 6) is 0. The number of para-hydroxylation sites is 4. The molecule has 8 aromatic carbocycles. The van der Waals surface area contributed by atoms with E-state index >= 15 is 0 Å². The first-order valence-electron chi connectivity index (χ1n) is 24.0. The fraction of sp³-hybridized carbons (Fsp3) is 0. The molecule has 338 valence electrons. The van der Waals surface area contributed by atoms with E-state index in [2.05, 4.69) is 218 Å². The molecule has 0 saturated carbocycles. The van der Waals surface area contributed by atoms with Gasteiger partial charge in [0.05, 0.1) is 38.8 Å². The number of aromatic nitrogens is 4. The fourth-order valence-corrected chi connectivity index (χ4v) is 14.0. The zero-order valence-electron chi connectivity index (χ0n) is 38.4. The lowest BCUT2D eigenvalue weighted by Gasteiger charge is -2.38. The van der Waals surface area contributed by atoms with Crippen LogP contribution in [0.2, 0.25) is 5.02 Å². The maximum Gasteiger partial charge on any atom is 0.264 e. The number of anilines is 6. The summed E-state index contributed by atoms with van der Waals surface area (Å²) in [7, 11) is 0. The average molecular weight is 977 g/mol. The third kappa shape index (κ3) is 6.02. The molecule has 72 heavy (non-hydrogen) atoms. The molecule has 0 unspecified atom stereocenters. The minimum atomic E-state index is 0.184. The van der Waals surface area contributed by atoms with Crippen LogP contribution in [0.25, 0.3) is 75.4 Å². The van der Waals surface area contributed by atoms with E-state index in [1.165, 1.54) is 74.9 Å². The Kier molecular flexibility index (Phi) is 9.36. The Morgan fingerprint density at radius 2 is 1.08 bits per heavy atom. The van der Waals surface area contributed by atoms with Gasteiger partial charge in [0.15, 0.2) is 0 Å². The van der Waals surface area contributed by atoms with Crippen LogP contribution in [0.1, 0.15) is 0 Å². The number of rotatable bonds is 5. The first-order valence-corrected chi connectivity index (χ1v) is 26.1. The van der Waals surface area contributed by atoms with Crippen LogP contribution < -0.4 is 25.5 Å². The summed E-state index contributed by atoms with van der Waals surface area (Å²) in [6.45, 7) is 0.184. The molecule has 2 aliphatic heterocycles. The van der Waals surface area contributed by atoms with Crippen LogP contribution in [0.15, 0.2) is 230 Å². The van der Waals surface area contributed by atoms with Crippen molar-refractivity contribution in [3.8, 4) is 11.4 Å². The Balaban J connectivity index is 0.000000128. The molecule has 10 heteroatoms. The van der Waals surface area contributed by atoms with E-state index < -0.39 is 0 Å². The number of fused-ring (bicyclic) bond motifs is 13. The second kappa shape index (κ2) is 16.3. The lowest BCUT2D eigenvalue weighted by molar-refractivity contribution is 1.13. The highest BCUT2D eigenvalue weighted by molar-refractivity contribution is 7.33. The quantitative estimate of drug-likeness (QED) is 0.161. The van der Waals surface area contributed by atoms with Gasteiger partial charge in [-0.3, -0.25) is 9.13 Å². The van der Waals surface area contributed by atoms with Crippen LogP contribution in [-0.2, 0) is 0 Å². The maximum absolute atomic E-state index is 7.33. The van der Waals surface area contributed by atoms with Gasteiger partial charge in [-0.05, 0) is 102 Å². The predicted molar refractivity (Wildman–Crippen MR) is 307 cm³/mol. The smallest absolute Gasteiger partial charge is 0.264 e. The van der Waals surface area contributed by atoms with Crippen molar-refractivity contribution >= 4 is 155 Å². The van der Waals surface area contributed by atoms with Crippen LogP contribution in [-0.4, -0.2) is 25.8 Å². The van der Waals surface area contributed by atoms with Gasteiger partial charge in [0.2, 0.25) is 0 Å². The molecule has 0 amide bonds. The monoisotopic (exact) mass is 976 g/mol. The molecule has 6 nitrogen and oxygen atoms in total. The number of nitrogens with zero attached hydrogens (tertiary/aromatic N) is 6. The summed E-state index contributed by atoms with van der Waals surface area (Å²) in [5, 5.41) is 10.2. The number of hydrogen-bond donors (Lipinski definition) is 0. The predicted octanol–water partition coefficient (Wildman–Crippen LogP) is 15.5. The SMILES string of the molecule is Clc1c(N(c2ccccc2)c2csc3ccccc23)cccc1-n1c2ccccc2c2cccnc21.c1ccc(N2c3cccc4c3B(c3sc5ccccc5c32)c2cccc3c5cccnc5n-4c23)cc1. The Bertz CT molecular complexity index is 4410. The summed E-state index contributed by atoms with van der Waals surface area (Å²) in [5.41, 5.74) is 16.0. The largest absolute Gasteiger partial charge is 0.310 e.